The fourth-order valence-electron chi connectivity index (χ4n) is 1.98. The third-order valence-corrected chi connectivity index (χ3v) is 3.29. The van der Waals surface area contributed by atoms with Crippen molar-refractivity contribution >= 4 is 0 Å². The predicted molar refractivity (Wildman–Crippen MR) is 69.9 cm³/mol. The van der Waals surface area contributed by atoms with Crippen LogP contribution in [0.5, 0.6) is 0 Å². The van der Waals surface area contributed by atoms with Crippen molar-refractivity contribution in [2.24, 2.45) is 11.7 Å². The molecule has 0 spiro atoms. The van der Waals surface area contributed by atoms with Crippen LogP contribution in [0, 0.1) is 5.92 Å². The van der Waals surface area contributed by atoms with Crippen LogP contribution in [0.3, 0.4) is 0 Å². The van der Waals surface area contributed by atoms with Gasteiger partial charge in [-0.2, -0.15) is 0 Å². The lowest BCUT2D eigenvalue weighted by atomic mass is 9.92. The Morgan fingerprint density at radius 3 is 2.59 bits per heavy atom. The van der Waals surface area contributed by atoms with Gasteiger partial charge in [-0.3, -0.25) is 0 Å². The van der Waals surface area contributed by atoms with Crippen LogP contribution in [0.2, 0.25) is 0 Å². The highest BCUT2D eigenvalue weighted by molar-refractivity contribution is 5.08. The number of rotatable bonds is 6. The normalized spacial score (nSPS) is 14.3. The summed E-state index contributed by atoms with van der Waals surface area (Å²) in [5, 5.41) is 0. The number of hydrogen-bond donors (Lipinski definition) is 1. The Morgan fingerprint density at radius 2 is 2.12 bits per heavy atom. The fraction of sp³-hybridized carbons (Fsp3) is 0.769. The molecule has 0 amide bonds. The highest BCUT2D eigenvalue weighted by Gasteiger charge is 2.23. The Balaban J connectivity index is 2.92. The summed E-state index contributed by atoms with van der Waals surface area (Å²) >= 11 is 0. The molecule has 0 fully saturated rings. The molecule has 0 aliphatic heterocycles. The molecule has 1 rings (SSSR count). The van der Waals surface area contributed by atoms with Gasteiger partial charge in [-0.1, -0.05) is 13.8 Å². The predicted octanol–water partition coefficient (Wildman–Crippen LogP) is 2.01. The zero-order valence-electron chi connectivity index (χ0n) is 11.6. The van der Waals surface area contributed by atoms with Gasteiger partial charge in [0.05, 0.1) is 18.5 Å². The molecule has 98 valence electrons. The van der Waals surface area contributed by atoms with Crippen LogP contribution in [-0.2, 0) is 11.3 Å². The number of methoxy groups -OCH3 is 1. The summed E-state index contributed by atoms with van der Waals surface area (Å²) in [5.74, 6) is 0.867. The van der Waals surface area contributed by atoms with Crippen LogP contribution in [0.1, 0.15) is 39.3 Å². The van der Waals surface area contributed by atoms with E-state index in [9.17, 15) is 0 Å². The van der Waals surface area contributed by atoms with Crippen LogP contribution in [0.25, 0.3) is 0 Å². The van der Waals surface area contributed by atoms with Gasteiger partial charge in [0, 0.05) is 31.5 Å². The number of ether oxygens (including phenoxy) is 1. The van der Waals surface area contributed by atoms with Crippen molar-refractivity contribution < 1.29 is 4.74 Å². The number of nitrogens with zero attached hydrogens (tertiary/aromatic N) is 2. The van der Waals surface area contributed by atoms with Gasteiger partial charge in [-0.05, 0) is 19.8 Å². The van der Waals surface area contributed by atoms with E-state index in [0.29, 0.717) is 18.4 Å². The first-order chi connectivity index (χ1) is 7.91. The topological polar surface area (TPSA) is 53.1 Å². The Morgan fingerprint density at radius 1 is 1.47 bits per heavy atom. The third-order valence-electron chi connectivity index (χ3n) is 3.29. The van der Waals surface area contributed by atoms with Gasteiger partial charge in [-0.15, -0.1) is 0 Å². The van der Waals surface area contributed by atoms with Crippen LogP contribution in [-0.4, -0.2) is 28.8 Å². The molecular weight excluding hydrogens is 214 g/mol. The molecular formula is C13H25N3O. The highest BCUT2D eigenvalue weighted by atomic mass is 16.5. The first-order valence-electron chi connectivity index (χ1n) is 6.16. The number of nitrogens with two attached hydrogens (primary N) is 1. The average molecular weight is 239 g/mol. The Bertz CT molecular complexity index is 344. The summed E-state index contributed by atoms with van der Waals surface area (Å²) in [7, 11) is 1.74. The zero-order chi connectivity index (χ0) is 13.1. The van der Waals surface area contributed by atoms with Crippen LogP contribution in [0.4, 0.5) is 0 Å². The second-order valence-corrected chi connectivity index (χ2v) is 5.50. The molecule has 1 aromatic heterocycles. The Labute approximate surface area is 104 Å². The molecule has 17 heavy (non-hydrogen) atoms. The highest BCUT2D eigenvalue weighted by Crippen LogP contribution is 2.24. The largest absolute Gasteiger partial charge is 0.377 e. The lowest BCUT2D eigenvalue weighted by molar-refractivity contribution is 0.00726. The van der Waals surface area contributed by atoms with Crippen molar-refractivity contribution in [2.75, 3.05) is 13.7 Å². The summed E-state index contributed by atoms with van der Waals surface area (Å²) < 4.78 is 7.61. The molecule has 1 atom stereocenters. The first-order valence-corrected chi connectivity index (χ1v) is 6.16. The van der Waals surface area contributed by atoms with E-state index in [0.717, 1.165) is 6.54 Å². The van der Waals surface area contributed by atoms with E-state index >= 15 is 0 Å². The van der Waals surface area contributed by atoms with Crippen molar-refractivity contribution in [3.63, 3.8) is 0 Å². The smallest absolute Gasteiger partial charge is 0.0949 e. The van der Waals surface area contributed by atoms with E-state index in [1.807, 2.05) is 12.5 Å². The van der Waals surface area contributed by atoms with Gasteiger partial charge in [-0.25, -0.2) is 4.98 Å². The van der Waals surface area contributed by atoms with Crippen LogP contribution in [0.15, 0.2) is 12.5 Å². The zero-order valence-corrected chi connectivity index (χ0v) is 11.6. The maximum Gasteiger partial charge on any atom is 0.0949 e. The van der Waals surface area contributed by atoms with Gasteiger partial charge in [0.15, 0.2) is 0 Å². The molecule has 0 bridgehead atoms. The molecule has 0 saturated heterocycles. The minimum Gasteiger partial charge on any atom is -0.377 e. The molecule has 0 aromatic carbocycles. The standard InChI is InChI=1S/C13H25N3O/c1-10(2)11(6-14)12-7-15-9-16(12)8-13(3,4)17-5/h7,9-11H,6,8,14H2,1-5H3. The van der Waals surface area contributed by atoms with E-state index in [2.05, 4.69) is 37.2 Å². The minimum absolute atomic E-state index is 0.189. The quantitative estimate of drug-likeness (QED) is 0.826. The second kappa shape index (κ2) is 5.65. The molecule has 2 N–H and O–H groups in total. The molecule has 0 radical (unpaired) electrons. The third kappa shape index (κ3) is 3.54. The summed E-state index contributed by atoms with van der Waals surface area (Å²) in [5.41, 5.74) is 6.87. The van der Waals surface area contributed by atoms with E-state index < -0.39 is 0 Å². The van der Waals surface area contributed by atoms with Crippen molar-refractivity contribution in [3.05, 3.63) is 18.2 Å². The summed E-state index contributed by atoms with van der Waals surface area (Å²) in [6.45, 7) is 9.97. The summed E-state index contributed by atoms with van der Waals surface area (Å²) in [6, 6.07) is 0. The van der Waals surface area contributed by atoms with Crippen molar-refractivity contribution in [1.29, 1.82) is 0 Å². The molecule has 4 heteroatoms. The molecule has 1 heterocycles. The molecule has 4 nitrogen and oxygen atoms in total. The maximum atomic E-state index is 5.86. The number of hydrogen-bond acceptors (Lipinski definition) is 3. The molecule has 1 unspecified atom stereocenters. The van der Waals surface area contributed by atoms with Crippen molar-refractivity contribution in [3.8, 4) is 0 Å². The van der Waals surface area contributed by atoms with E-state index in [4.69, 9.17) is 10.5 Å². The average Bonchev–Trinajstić information content (AvgIpc) is 2.66. The van der Waals surface area contributed by atoms with Crippen LogP contribution >= 0.6 is 0 Å². The second-order valence-electron chi connectivity index (χ2n) is 5.50. The van der Waals surface area contributed by atoms with E-state index in [1.54, 1.807) is 7.11 Å². The lowest BCUT2D eigenvalue weighted by Gasteiger charge is -2.27. The van der Waals surface area contributed by atoms with E-state index in [-0.39, 0.29) is 5.60 Å². The van der Waals surface area contributed by atoms with Gasteiger partial charge in [0.25, 0.3) is 0 Å². The monoisotopic (exact) mass is 239 g/mol. The van der Waals surface area contributed by atoms with Crippen molar-refractivity contribution in [1.82, 2.24) is 9.55 Å². The molecule has 0 aliphatic rings. The lowest BCUT2D eigenvalue weighted by Crippen LogP contribution is -2.31. The van der Waals surface area contributed by atoms with Gasteiger partial charge >= 0.3 is 0 Å². The van der Waals surface area contributed by atoms with Crippen LogP contribution < -0.4 is 5.73 Å². The SMILES string of the molecule is COC(C)(C)Cn1cncc1C(CN)C(C)C. The number of imidazole rings is 1. The van der Waals surface area contributed by atoms with Gasteiger partial charge in [0.2, 0.25) is 0 Å². The van der Waals surface area contributed by atoms with Gasteiger partial charge in [0.1, 0.15) is 0 Å². The first kappa shape index (κ1) is 14.2. The Kier molecular flexibility index (Phi) is 4.71. The van der Waals surface area contributed by atoms with E-state index in [1.165, 1.54) is 5.69 Å². The summed E-state index contributed by atoms with van der Waals surface area (Å²) in [4.78, 5) is 4.24. The number of aromatic nitrogens is 2. The molecule has 0 saturated carbocycles. The maximum absolute atomic E-state index is 5.86. The fourth-order valence-corrected chi connectivity index (χ4v) is 1.98. The minimum atomic E-state index is -0.189. The molecule has 0 aliphatic carbocycles. The molecule has 1 aromatic rings. The summed E-state index contributed by atoms with van der Waals surface area (Å²) in [6.07, 6.45) is 3.78. The van der Waals surface area contributed by atoms with Crippen molar-refractivity contribution in [2.45, 2.75) is 45.8 Å². The Hall–Kier alpha value is -0.870. The van der Waals surface area contributed by atoms with Gasteiger partial charge < -0.3 is 15.0 Å².